The number of fused-ring (bicyclic) bond motifs is 1. The van der Waals surface area contributed by atoms with E-state index in [0.29, 0.717) is 5.75 Å². The Morgan fingerprint density at radius 1 is 1.38 bits per heavy atom. The smallest absolute Gasteiger partial charge is 0.234 e. The lowest BCUT2D eigenvalue weighted by molar-refractivity contribution is -0.113. The summed E-state index contributed by atoms with van der Waals surface area (Å²) in [5, 5.41) is 3.59. The van der Waals surface area contributed by atoms with E-state index >= 15 is 0 Å². The van der Waals surface area contributed by atoms with Crippen LogP contribution in [0.2, 0.25) is 0 Å². The van der Waals surface area contributed by atoms with E-state index in [9.17, 15) is 4.79 Å². The van der Waals surface area contributed by atoms with Gasteiger partial charge < -0.3 is 10.3 Å². The molecule has 0 fully saturated rings. The van der Waals surface area contributed by atoms with E-state index < -0.39 is 0 Å². The molecule has 0 atom stereocenters. The zero-order valence-corrected chi connectivity index (χ0v) is 12.3. The SMILES string of the molecule is Cc1cccc(NC(=O)CSc2nc3cnccc3[nH]2)c1. The van der Waals surface area contributed by atoms with Gasteiger partial charge in [0.25, 0.3) is 0 Å². The van der Waals surface area contributed by atoms with Gasteiger partial charge in [0.15, 0.2) is 5.16 Å². The van der Waals surface area contributed by atoms with Crippen molar-refractivity contribution in [2.75, 3.05) is 11.1 Å². The third kappa shape index (κ3) is 3.41. The molecule has 6 heteroatoms. The monoisotopic (exact) mass is 298 g/mol. The molecule has 0 aliphatic carbocycles. The van der Waals surface area contributed by atoms with Crippen molar-refractivity contribution in [2.24, 2.45) is 0 Å². The van der Waals surface area contributed by atoms with Gasteiger partial charge in [-0.25, -0.2) is 4.98 Å². The van der Waals surface area contributed by atoms with Gasteiger partial charge in [0, 0.05) is 11.9 Å². The number of hydrogen-bond acceptors (Lipinski definition) is 4. The Morgan fingerprint density at radius 2 is 2.29 bits per heavy atom. The van der Waals surface area contributed by atoms with Crippen molar-refractivity contribution in [3.05, 3.63) is 48.3 Å². The molecule has 21 heavy (non-hydrogen) atoms. The highest BCUT2D eigenvalue weighted by Gasteiger charge is 2.07. The van der Waals surface area contributed by atoms with Crippen LogP contribution in [0, 0.1) is 6.92 Å². The molecular formula is C15H14N4OS. The number of pyridine rings is 1. The van der Waals surface area contributed by atoms with Crippen LogP contribution in [0.4, 0.5) is 5.69 Å². The minimum Gasteiger partial charge on any atom is -0.333 e. The fraction of sp³-hybridized carbons (Fsp3) is 0.133. The van der Waals surface area contributed by atoms with Crippen molar-refractivity contribution < 1.29 is 4.79 Å². The van der Waals surface area contributed by atoms with Gasteiger partial charge >= 0.3 is 0 Å². The average Bonchev–Trinajstić information content (AvgIpc) is 2.88. The number of H-pyrrole nitrogens is 1. The van der Waals surface area contributed by atoms with Gasteiger partial charge in [0.1, 0.15) is 5.52 Å². The molecule has 0 unspecified atom stereocenters. The molecule has 0 aliphatic heterocycles. The number of amides is 1. The summed E-state index contributed by atoms with van der Waals surface area (Å²) >= 11 is 1.37. The van der Waals surface area contributed by atoms with Crippen LogP contribution in [0.1, 0.15) is 5.56 Å². The predicted molar refractivity (Wildman–Crippen MR) is 84.4 cm³/mol. The second-order valence-corrected chi connectivity index (χ2v) is 5.61. The standard InChI is InChI=1S/C15H14N4OS/c1-10-3-2-4-11(7-10)17-14(20)9-21-15-18-12-5-6-16-8-13(12)19-15/h2-8H,9H2,1H3,(H,17,20)(H,18,19). The van der Waals surface area contributed by atoms with E-state index in [1.807, 2.05) is 37.3 Å². The van der Waals surface area contributed by atoms with Gasteiger partial charge in [-0.05, 0) is 30.7 Å². The minimum absolute atomic E-state index is 0.0517. The minimum atomic E-state index is -0.0517. The van der Waals surface area contributed by atoms with Gasteiger partial charge in [-0.3, -0.25) is 9.78 Å². The molecule has 0 saturated carbocycles. The number of benzene rings is 1. The van der Waals surface area contributed by atoms with E-state index in [2.05, 4.69) is 20.3 Å². The van der Waals surface area contributed by atoms with Crippen LogP contribution in [-0.2, 0) is 4.79 Å². The molecule has 5 nitrogen and oxygen atoms in total. The van der Waals surface area contributed by atoms with Crippen molar-refractivity contribution >= 4 is 34.4 Å². The zero-order valence-electron chi connectivity index (χ0n) is 11.5. The number of rotatable bonds is 4. The van der Waals surface area contributed by atoms with Crippen molar-refractivity contribution in [1.82, 2.24) is 15.0 Å². The summed E-state index contributed by atoms with van der Waals surface area (Å²) in [4.78, 5) is 23.5. The van der Waals surface area contributed by atoms with Gasteiger partial charge in [-0.2, -0.15) is 0 Å². The first-order valence-corrected chi connectivity index (χ1v) is 7.48. The first-order valence-electron chi connectivity index (χ1n) is 6.50. The molecule has 0 radical (unpaired) electrons. The number of imidazole rings is 1. The number of hydrogen-bond donors (Lipinski definition) is 2. The van der Waals surface area contributed by atoms with E-state index in [4.69, 9.17) is 0 Å². The maximum Gasteiger partial charge on any atom is 0.234 e. The summed E-state index contributed by atoms with van der Waals surface area (Å²) in [5.74, 6) is 0.255. The highest BCUT2D eigenvalue weighted by Crippen LogP contribution is 2.19. The number of nitrogens with zero attached hydrogens (tertiary/aromatic N) is 2. The number of aryl methyl sites for hydroxylation is 1. The van der Waals surface area contributed by atoms with Crippen molar-refractivity contribution in [3.63, 3.8) is 0 Å². The molecule has 1 aromatic carbocycles. The number of carbonyl (C=O) groups is 1. The largest absolute Gasteiger partial charge is 0.333 e. The molecular weight excluding hydrogens is 284 g/mol. The van der Waals surface area contributed by atoms with Gasteiger partial charge in [0.05, 0.1) is 17.5 Å². The molecule has 106 valence electrons. The van der Waals surface area contributed by atoms with Crippen molar-refractivity contribution in [2.45, 2.75) is 12.1 Å². The highest BCUT2D eigenvalue weighted by atomic mass is 32.2. The average molecular weight is 298 g/mol. The van der Waals surface area contributed by atoms with Crippen LogP contribution in [0.15, 0.2) is 47.9 Å². The van der Waals surface area contributed by atoms with E-state index in [1.165, 1.54) is 11.8 Å². The molecule has 0 bridgehead atoms. The van der Waals surface area contributed by atoms with Gasteiger partial charge in [-0.15, -0.1) is 0 Å². The van der Waals surface area contributed by atoms with Crippen molar-refractivity contribution in [3.8, 4) is 0 Å². The molecule has 3 rings (SSSR count). The van der Waals surface area contributed by atoms with Gasteiger partial charge in [0.2, 0.25) is 5.91 Å². The number of aromatic nitrogens is 3. The lowest BCUT2D eigenvalue weighted by Crippen LogP contribution is -2.14. The van der Waals surface area contributed by atoms with Gasteiger partial charge in [-0.1, -0.05) is 23.9 Å². The Bertz CT molecular complexity index is 751. The normalized spacial score (nSPS) is 10.7. The summed E-state index contributed by atoms with van der Waals surface area (Å²) in [7, 11) is 0. The Labute approximate surface area is 126 Å². The number of thioether (sulfide) groups is 1. The number of carbonyl (C=O) groups excluding carboxylic acids is 1. The van der Waals surface area contributed by atoms with Crippen LogP contribution in [0.5, 0.6) is 0 Å². The lowest BCUT2D eigenvalue weighted by Gasteiger charge is -2.04. The molecule has 0 aliphatic rings. The fourth-order valence-electron chi connectivity index (χ4n) is 1.96. The van der Waals surface area contributed by atoms with E-state index in [0.717, 1.165) is 27.4 Å². The Hall–Kier alpha value is -2.34. The third-order valence-corrected chi connectivity index (χ3v) is 3.78. The Kier molecular flexibility index (Phi) is 3.87. The number of anilines is 1. The Morgan fingerprint density at radius 3 is 3.10 bits per heavy atom. The van der Waals surface area contributed by atoms with E-state index in [-0.39, 0.29) is 5.91 Å². The summed E-state index contributed by atoms with van der Waals surface area (Å²) in [5.41, 5.74) is 3.66. The fourth-order valence-corrected chi connectivity index (χ4v) is 2.64. The van der Waals surface area contributed by atoms with Crippen LogP contribution >= 0.6 is 11.8 Å². The van der Waals surface area contributed by atoms with Crippen LogP contribution in [0.25, 0.3) is 11.0 Å². The number of aromatic amines is 1. The van der Waals surface area contributed by atoms with E-state index in [1.54, 1.807) is 12.4 Å². The summed E-state index contributed by atoms with van der Waals surface area (Å²) < 4.78 is 0. The van der Waals surface area contributed by atoms with Crippen LogP contribution < -0.4 is 5.32 Å². The molecule has 2 heterocycles. The summed E-state index contributed by atoms with van der Waals surface area (Å²) in [6.45, 7) is 1.99. The zero-order chi connectivity index (χ0) is 14.7. The first kappa shape index (κ1) is 13.6. The maximum atomic E-state index is 11.9. The van der Waals surface area contributed by atoms with Crippen LogP contribution in [-0.4, -0.2) is 26.6 Å². The topological polar surface area (TPSA) is 70.7 Å². The molecule has 1 amide bonds. The Balaban J connectivity index is 1.60. The second kappa shape index (κ2) is 5.97. The second-order valence-electron chi connectivity index (χ2n) is 4.64. The molecule has 3 aromatic rings. The quantitative estimate of drug-likeness (QED) is 0.726. The maximum absolute atomic E-state index is 11.9. The first-order chi connectivity index (χ1) is 10.2. The van der Waals surface area contributed by atoms with Crippen LogP contribution in [0.3, 0.4) is 0 Å². The molecule has 2 aromatic heterocycles. The predicted octanol–water partition coefficient (Wildman–Crippen LogP) is 3.00. The molecule has 0 spiro atoms. The summed E-state index contributed by atoms with van der Waals surface area (Å²) in [6, 6.07) is 9.59. The lowest BCUT2D eigenvalue weighted by atomic mass is 10.2. The summed E-state index contributed by atoms with van der Waals surface area (Å²) in [6.07, 6.45) is 3.40. The third-order valence-electron chi connectivity index (χ3n) is 2.91. The molecule has 2 N–H and O–H groups in total. The number of nitrogens with one attached hydrogen (secondary N) is 2. The highest BCUT2D eigenvalue weighted by molar-refractivity contribution is 7.99. The molecule has 0 saturated heterocycles. The van der Waals surface area contributed by atoms with Crippen molar-refractivity contribution in [1.29, 1.82) is 0 Å².